The summed E-state index contributed by atoms with van der Waals surface area (Å²) in [5, 5.41) is 3.29. The number of rotatable bonds is 7. The van der Waals surface area contributed by atoms with Crippen LogP contribution >= 0.6 is 0 Å². The van der Waals surface area contributed by atoms with Crippen LogP contribution in [0.25, 0.3) is 0 Å². The third-order valence-electron chi connectivity index (χ3n) is 2.56. The normalized spacial score (nSPS) is 19.8. The van der Waals surface area contributed by atoms with E-state index in [4.69, 9.17) is 9.47 Å². The molecular formula is C10H21NO2. The quantitative estimate of drug-likeness (QED) is 0.607. The van der Waals surface area contributed by atoms with E-state index in [1.807, 2.05) is 7.05 Å². The van der Waals surface area contributed by atoms with Gasteiger partial charge in [-0.05, 0) is 26.3 Å². The number of ether oxygens (including phenoxy) is 2. The van der Waals surface area contributed by atoms with Gasteiger partial charge in [0.1, 0.15) is 6.10 Å². The number of hydrogen-bond donors (Lipinski definition) is 1. The first-order valence-corrected chi connectivity index (χ1v) is 5.23. The zero-order valence-electron chi connectivity index (χ0n) is 8.71. The predicted octanol–water partition coefficient (Wildman–Crippen LogP) is 1.18. The first kappa shape index (κ1) is 11.0. The first-order valence-electron chi connectivity index (χ1n) is 5.23. The molecule has 0 aromatic carbocycles. The lowest BCUT2D eigenvalue weighted by atomic mass is 10.1. The Morgan fingerprint density at radius 3 is 2.77 bits per heavy atom. The zero-order valence-corrected chi connectivity index (χ0v) is 8.71. The Bertz CT molecular complexity index is 122. The average Bonchev–Trinajstić information content (AvgIpc) is 2.08. The van der Waals surface area contributed by atoms with Crippen molar-refractivity contribution in [2.24, 2.45) is 0 Å². The molecule has 78 valence electrons. The lowest BCUT2D eigenvalue weighted by Crippen LogP contribution is -2.36. The van der Waals surface area contributed by atoms with Crippen molar-refractivity contribution in [1.82, 2.24) is 5.32 Å². The van der Waals surface area contributed by atoms with Gasteiger partial charge in [-0.25, -0.2) is 0 Å². The summed E-state index contributed by atoms with van der Waals surface area (Å²) in [4.78, 5) is 0. The Balaban J connectivity index is 1.87. The fourth-order valence-electron chi connectivity index (χ4n) is 1.44. The van der Waals surface area contributed by atoms with Gasteiger partial charge in [0.2, 0.25) is 0 Å². The van der Waals surface area contributed by atoms with Crippen LogP contribution in [-0.4, -0.2) is 39.0 Å². The van der Waals surface area contributed by atoms with Gasteiger partial charge in [0, 0.05) is 12.6 Å². The van der Waals surface area contributed by atoms with Gasteiger partial charge < -0.3 is 14.8 Å². The summed E-state index contributed by atoms with van der Waals surface area (Å²) in [6.07, 6.45) is 3.94. The third-order valence-corrected chi connectivity index (χ3v) is 2.56. The molecule has 0 aliphatic carbocycles. The fourth-order valence-corrected chi connectivity index (χ4v) is 1.44. The van der Waals surface area contributed by atoms with Crippen LogP contribution in [0.2, 0.25) is 0 Å². The van der Waals surface area contributed by atoms with Gasteiger partial charge in [0.05, 0.1) is 13.2 Å². The van der Waals surface area contributed by atoms with Crippen molar-refractivity contribution >= 4 is 0 Å². The second kappa shape index (κ2) is 6.35. The van der Waals surface area contributed by atoms with Crippen molar-refractivity contribution in [3.8, 4) is 0 Å². The maximum Gasteiger partial charge on any atom is 0.104 e. The van der Waals surface area contributed by atoms with Gasteiger partial charge in [-0.3, -0.25) is 0 Å². The maximum atomic E-state index is 5.56. The highest BCUT2D eigenvalue weighted by Crippen LogP contribution is 2.07. The van der Waals surface area contributed by atoms with E-state index in [9.17, 15) is 0 Å². The van der Waals surface area contributed by atoms with Gasteiger partial charge in [-0.2, -0.15) is 0 Å². The summed E-state index contributed by atoms with van der Waals surface area (Å²) in [6, 6.07) is 0.654. The van der Waals surface area contributed by atoms with Gasteiger partial charge in [-0.15, -0.1) is 0 Å². The topological polar surface area (TPSA) is 30.5 Å². The molecular weight excluding hydrogens is 166 g/mol. The van der Waals surface area contributed by atoms with Crippen LogP contribution in [0.1, 0.15) is 26.2 Å². The Morgan fingerprint density at radius 1 is 1.54 bits per heavy atom. The largest absolute Gasteiger partial charge is 0.376 e. The van der Waals surface area contributed by atoms with Crippen molar-refractivity contribution < 1.29 is 9.47 Å². The van der Waals surface area contributed by atoms with E-state index < -0.39 is 0 Å². The van der Waals surface area contributed by atoms with Gasteiger partial charge in [0.25, 0.3) is 0 Å². The van der Waals surface area contributed by atoms with E-state index >= 15 is 0 Å². The lowest BCUT2D eigenvalue weighted by Gasteiger charge is -2.26. The van der Waals surface area contributed by atoms with Crippen LogP contribution in [0.4, 0.5) is 0 Å². The second-order valence-corrected chi connectivity index (χ2v) is 3.57. The van der Waals surface area contributed by atoms with E-state index in [-0.39, 0.29) is 0 Å². The fraction of sp³-hybridized carbons (Fsp3) is 1.00. The minimum absolute atomic E-state index is 0.384. The Hall–Kier alpha value is -0.120. The second-order valence-electron chi connectivity index (χ2n) is 3.57. The van der Waals surface area contributed by atoms with Gasteiger partial charge >= 0.3 is 0 Å². The highest BCUT2D eigenvalue weighted by molar-refractivity contribution is 4.65. The average molecular weight is 187 g/mol. The van der Waals surface area contributed by atoms with E-state index in [2.05, 4.69) is 12.2 Å². The Kier molecular flexibility index (Phi) is 5.35. The van der Waals surface area contributed by atoms with Crippen molar-refractivity contribution in [2.75, 3.05) is 26.9 Å². The lowest BCUT2D eigenvalue weighted by molar-refractivity contribution is -0.130. The molecule has 1 atom stereocenters. The molecule has 3 heteroatoms. The summed E-state index contributed by atoms with van der Waals surface area (Å²) < 4.78 is 10.6. The first-order chi connectivity index (χ1) is 6.36. The van der Waals surface area contributed by atoms with Crippen molar-refractivity contribution in [2.45, 2.75) is 38.3 Å². The molecule has 0 aromatic rings. The molecule has 1 heterocycles. The summed E-state index contributed by atoms with van der Waals surface area (Å²) >= 11 is 0. The van der Waals surface area contributed by atoms with E-state index in [0.717, 1.165) is 26.2 Å². The van der Waals surface area contributed by atoms with E-state index in [1.54, 1.807) is 0 Å². The molecule has 1 saturated heterocycles. The highest BCUT2D eigenvalue weighted by Gasteiger charge is 2.18. The van der Waals surface area contributed by atoms with Crippen LogP contribution < -0.4 is 5.32 Å². The molecule has 0 spiro atoms. The number of nitrogens with one attached hydrogen (secondary N) is 1. The van der Waals surface area contributed by atoms with Crippen LogP contribution in [0.15, 0.2) is 0 Å². The zero-order chi connectivity index (χ0) is 9.52. The molecule has 1 aliphatic rings. The van der Waals surface area contributed by atoms with Crippen LogP contribution in [0.3, 0.4) is 0 Å². The number of hydrogen-bond acceptors (Lipinski definition) is 3. The Morgan fingerprint density at radius 2 is 2.31 bits per heavy atom. The molecule has 1 N–H and O–H groups in total. The molecule has 1 aliphatic heterocycles. The monoisotopic (exact) mass is 187 g/mol. The van der Waals surface area contributed by atoms with Gasteiger partial charge in [-0.1, -0.05) is 6.92 Å². The molecule has 1 unspecified atom stereocenters. The Labute approximate surface area is 80.8 Å². The molecule has 1 rings (SSSR count). The molecule has 0 bridgehead atoms. The van der Waals surface area contributed by atoms with Crippen molar-refractivity contribution in [1.29, 1.82) is 0 Å². The molecule has 0 amide bonds. The summed E-state index contributed by atoms with van der Waals surface area (Å²) in [5.74, 6) is 0. The van der Waals surface area contributed by atoms with Crippen molar-refractivity contribution in [3.05, 3.63) is 0 Å². The standard InChI is InChI=1S/C10H21NO2/c1-3-9(11-2)5-4-6-13-10-7-12-8-10/h9-11H,3-8H2,1-2H3. The molecule has 13 heavy (non-hydrogen) atoms. The maximum absolute atomic E-state index is 5.56. The van der Waals surface area contributed by atoms with E-state index in [1.165, 1.54) is 12.8 Å². The molecule has 0 saturated carbocycles. The van der Waals surface area contributed by atoms with E-state index in [0.29, 0.717) is 12.1 Å². The summed E-state index contributed by atoms with van der Waals surface area (Å²) in [7, 11) is 2.02. The minimum atomic E-state index is 0.384. The van der Waals surface area contributed by atoms with Crippen molar-refractivity contribution in [3.63, 3.8) is 0 Å². The summed E-state index contributed by atoms with van der Waals surface area (Å²) in [5.41, 5.74) is 0. The van der Waals surface area contributed by atoms with Crippen LogP contribution in [-0.2, 0) is 9.47 Å². The van der Waals surface area contributed by atoms with Crippen LogP contribution in [0.5, 0.6) is 0 Å². The molecule has 1 fully saturated rings. The SMILES string of the molecule is CCC(CCCOC1COC1)NC. The van der Waals surface area contributed by atoms with Gasteiger partial charge in [0.15, 0.2) is 0 Å². The molecule has 0 aromatic heterocycles. The predicted molar refractivity (Wildman–Crippen MR) is 52.9 cm³/mol. The molecule has 0 radical (unpaired) electrons. The van der Waals surface area contributed by atoms with Crippen LogP contribution in [0, 0.1) is 0 Å². The summed E-state index contributed by atoms with van der Waals surface area (Å²) in [6.45, 7) is 4.68. The highest BCUT2D eigenvalue weighted by atomic mass is 16.6. The minimum Gasteiger partial charge on any atom is -0.376 e. The molecule has 3 nitrogen and oxygen atoms in total. The third kappa shape index (κ3) is 4.07. The smallest absolute Gasteiger partial charge is 0.104 e.